The molecule has 1 fully saturated rings. The lowest BCUT2D eigenvalue weighted by atomic mass is 10.0. The number of nitrogens with zero attached hydrogens (tertiary/aromatic N) is 3. The number of alkyl halides is 3. The van der Waals surface area contributed by atoms with Gasteiger partial charge in [0.25, 0.3) is 0 Å². The van der Waals surface area contributed by atoms with Gasteiger partial charge in [-0.25, -0.2) is 4.79 Å². The van der Waals surface area contributed by atoms with Gasteiger partial charge in [0.05, 0.1) is 6.04 Å². The molecule has 1 aliphatic heterocycles. The zero-order valence-corrected chi connectivity index (χ0v) is 17.9. The van der Waals surface area contributed by atoms with E-state index in [9.17, 15) is 32.7 Å². The fraction of sp³-hybridized carbons (Fsp3) is 0.571. The molecule has 1 heterocycles. The van der Waals surface area contributed by atoms with Gasteiger partial charge in [-0.15, -0.1) is 0 Å². The van der Waals surface area contributed by atoms with Crippen molar-refractivity contribution in [2.24, 2.45) is 0 Å². The molecule has 1 saturated heterocycles. The van der Waals surface area contributed by atoms with Crippen LogP contribution in [0.1, 0.15) is 50.8 Å². The summed E-state index contributed by atoms with van der Waals surface area (Å²) in [7, 11) is 1.14. The first-order valence-electron chi connectivity index (χ1n) is 10.0. The summed E-state index contributed by atoms with van der Waals surface area (Å²) < 4.78 is 38.4. The lowest BCUT2D eigenvalue weighted by Gasteiger charge is -2.36. The van der Waals surface area contributed by atoms with E-state index >= 15 is 0 Å². The number of carboxylic acid groups (broad SMARTS) is 1. The summed E-state index contributed by atoms with van der Waals surface area (Å²) >= 11 is 0. The minimum Gasteiger partial charge on any atom is -0.465 e. The Morgan fingerprint density at radius 2 is 1.77 bits per heavy atom. The molecule has 31 heavy (non-hydrogen) atoms. The Morgan fingerprint density at radius 3 is 2.32 bits per heavy atom. The molecule has 170 valence electrons. The Balaban J connectivity index is 1.82. The molecule has 0 aromatic heterocycles. The third-order valence-electron chi connectivity index (χ3n) is 5.93. The minimum absolute atomic E-state index is 0.323. The van der Waals surface area contributed by atoms with E-state index in [1.807, 2.05) is 0 Å². The molecule has 10 heteroatoms. The molecule has 1 aromatic carbocycles. The number of carbonyl (C=O) groups excluding carboxylic acids is 2. The highest BCUT2D eigenvalue weighted by Gasteiger charge is 2.45. The van der Waals surface area contributed by atoms with Crippen LogP contribution in [0.4, 0.5) is 23.7 Å². The van der Waals surface area contributed by atoms with Gasteiger partial charge >= 0.3 is 18.2 Å². The Kier molecular flexibility index (Phi) is 5.70. The van der Waals surface area contributed by atoms with Crippen LogP contribution in [0.3, 0.4) is 0 Å². The number of anilines is 1. The summed E-state index contributed by atoms with van der Waals surface area (Å²) in [6, 6.07) is 3.58. The summed E-state index contributed by atoms with van der Waals surface area (Å²) in [5.41, 5.74) is 1.25. The standard InChI is InChI=1S/C21H26F3N3O4/c1-20(2,3)27(19(30)31)16-9-10-26(17(16)28)13-6-7-14-12(11-13)5-8-15(14)25(4)18(29)21(22,23)24/h6-7,11,15-16H,5,8-10H2,1-4H3,(H,30,31)/t15?,16-/m0/s1. The van der Waals surface area contributed by atoms with E-state index in [2.05, 4.69) is 0 Å². The van der Waals surface area contributed by atoms with E-state index in [0.29, 0.717) is 37.1 Å². The molecule has 1 N–H and O–H groups in total. The molecule has 0 spiro atoms. The quantitative estimate of drug-likeness (QED) is 0.778. The van der Waals surface area contributed by atoms with E-state index in [1.165, 1.54) is 4.90 Å². The Hall–Kier alpha value is -2.78. The molecule has 3 amide bonds. The van der Waals surface area contributed by atoms with Gasteiger partial charge in [0.15, 0.2) is 0 Å². The molecular formula is C21H26F3N3O4. The molecule has 3 rings (SSSR count). The fourth-order valence-corrected chi connectivity index (χ4v) is 4.54. The highest BCUT2D eigenvalue weighted by Crippen LogP contribution is 2.39. The molecule has 0 radical (unpaired) electrons. The summed E-state index contributed by atoms with van der Waals surface area (Å²) in [5.74, 6) is -2.21. The Morgan fingerprint density at radius 1 is 1.13 bits per heavy atom. The van der Waals surface area contributed by atoms with E-state index in [-0.39, 0.29) is 5.91 Å². The van der Waals surface area contributed by atoms with Gasteiger partial charge in [-0.1, -0.05) is 6.07 Å². The number of rotatable bonds is 3. The summed E-state index contributed by atoms with van der Waals surface area (Å²) in [6.07, 6.45) is -4.90. The number of aryl methyl sites for hydroxylation is 1. The predicted molar refractivity (Wildman–Crippen MR) is 107 cm³/mol. The summed E-state index contributed by atoms with van der Waals surface area (Å²) in [6.45, 7) is 5.53. The molecule has 1 aromatic rings. The van der Waals surface area contributed by atoms with Gasteiger partial charge in [0.1, 0.15) is 6.04 Å². The number of carbonyl (C=O) groups is 3. The van der Waals surface area contributed by atoms with Crippen molar-refractivity contribution in [1.29, 1.82) is 0 Å². The second-order valence-electron chi connectivity index (χ2n) is 8.97. The van der Waals surface area contributed by atoms with Crippen molar-refractivity contribution in [1.82, 2.24) is 9.80 Å². The van der Waals surface area contributed by atoms with Crippen LogP contribution in [-0.4, -0.2) is 64.2 Å². The van der Waals surface area contributed by atoms with Gasteiger partial charge in [-0.05, 0) is 63.3 Å². The monoisotopic (exact) mass is 441 g/mol. The van der Waals surface area contributed by atoms with Crippen LogP contribution < -0.4 is 4.90 Å². The smallest absolute Gasteiger partial charge is 0.465 e. The molecule has 0 bridgehead atoms. The average molecular weight is 441 g/mol. The number of amides is 3. The van der Waals surface area contributed by atoms with Crippen molar-refractivity contribution in [2.75, 3.05) is 18.5 Å². The fourth-order valence-electron chi connectivity index (χ4n) is 4.54. The van der Waals surface area contributed by atoms with Crippen LogP contribution >= 0.6 is 0 Å². The number of fused-ring (bicyclic) bond motifs is 1. The van der Waals surface area contributed by atoms with Crippen LogP contribution in [-0.2, 0) is 16.0 Å². The average Bonchev–Trinajstić information content (AvgIpc) is 3.22. The predicted octanol–water partition coefficient (Wildman–Crippen LogP) is 3.58. The number of hydrogen-bond acceptors (Lipinski definition) is 3. The van der Waals surface area contributed by atoms with Gasteiger partial charge in [-0.3, -0.25) is 14.5 Å². The highest BCUT2D eigenvalue weighted by atomic mass is 19.4. The van der Waals surface area contributed by atoms with Crippen LogP contribution in [0, 0.1) is 0 Å². The van der Waals surface area contributed by atoms with Crippen molar-refractivity contribution in [3.05, 3.63) is 29.3 Å². The van der Waals surface area contributed by atoms with Crippen molar-refractivity contribution < 1.29 is 32.7 Å². The molecular weight excluding hydrogens is 415 g/mol. The maximum Gasteiger partial charge on any atom is 0.471 e. The third-order valence-corrected chi connectivity index (χ3v) is 5.93. The van der Waals surface area contributed by atoms with Crippen LogP contribution in [0.5, 0.6) is 0 Å². The Bertz CT molecular complexity index is 910. The van der Waals surface area contributed by atoms with Crippen LogP contribution in [0.15, 0.2) is 18.2 Å². The summed E-state index contributed by atoms with van der Waals surface area (Å²) in [5, 5.41) is 9.60. The zero-order chi connectivity index (χ0) is 23.3. The second-order valence-corrected chi connectivity index (χ2v) is 8.97. The van der Waals surface area contributed by atoms with Crippen LogP contribution in [0.25, 0.3) is 0 Å². The van der Waals surface area contributed by atoms with Crippen molar-refractivity contribution in [2.45, 2.75) is 63.8 Å². The zero-order valence-electron chi connectivity index (χ0n) is 17.9. The van der Waals surface area contributed by atoms with E-state index in [4.69, 9.17) is 0 Å². The van der Waals surface area contributed by atoms with Crippen molar-refractivity contribution in [3.63, 3.8) is 0 Å². The van der Waals surface area contributed by atoms with Crippen molar-refractivity contribution >= 4 is 23.6 Å². The first kappa shape index (κ1) is 22.9. The minimum atomic E-state index is -4.93. The van der Waals surface area contributed by atoms with E-state index in [0.717, 1.165) is 22.4 Å². The van der Waals surface area contributed by atoms with Gasteiger partial charge in [0, 0.05) is 24.8 Å². The highest BCUT2D eigenvalue weighted by molar-refractivity contribution is 6.01. The number of halogens is 3. The normalized spacial score (nSPS) is 21.3. The first-order chi connectivity index (χ1) is 14.2. The lowest BCUT2D eigenvalue weighted by molar-refractivity contribution is -0.186. The second kappa shape index (κ2) is 7.72. The summed E-state index contributed by atoms with van der Waals surface area (Å²) in [4.78, 5) is 39.8. The lowest BCUT2D eigenvalue weighted by Crippen LogP contribution is -2.54. The van der Waals surface area contributed by atoms with Crippen LogP contribution in [0.2, 0.25) is 0 Å². The van der Waals surface area contributed by atoms with Gasteiger partial charge < -0.3 is 14.9 Å². The molecule has 1 unspecified atom stereocenters. The van der Waals surface area contributed by atoms with E-state index < -0.39 is 35.8 Å². The topological polar surface area (TPSA) is 81.2 Å². The van der Waals surface area contributed by atoms with E-state index in [1.54, 1.807) is 39.0 Å². The molecule has 1 aliphatic carbocycles. The molecule has 7 nitrogen and oxygen atoms in total. The first-order valence-corrected chi connectivity index (χ1v) is 10.0. The maximum absolute atomic E-state index is 13.0. The maximum atomic E-state index is 13.0. The molecule has 2 atom stereocenters. The number of benzene rings is 1. The molecule has 0 saturated carbocycles. The Labute approximate surface area is 178 Å². The van der Waals surface area contributed by atoms with Gasteiger partial charge in [0.2, 0.25) is 5.91 Å². The largest absolute Gasteiger partial charge is 0.471 e. The molecule has 2 aliphatic rings. The number of hydrogen-bond donors (Lipinski definition) is 1. The van der Waals surface area contributed by atoms with Gasteiger partial charge in [-0.2, -0.15) is 13.2 Å². The van der Waals surface area contributed by atoms with Crippen molar-refractivity contribution in [3.8, 4) is 0 Å². The SMILES string of the molecule is CN(C(=O)C(F)(F)F)C1CCc2cc(N3CC[C@H](N(C(=O)O)C(C)(C)C)C3=O)ccc21. The third kappa shape index (κ3) is 4.20.